The lowest BCUT2D eigenvalue weighted by Crippen LogP contribution is -2.36. The number of fused-ring (bicyclic) bond motifs is 1. The number of sulfonamides is 1. The molecule has 2 atom stereocenters. The van der Waals surface area contributed by atoms with Gasteiger partial charge in [-0.15, -0.1) is 0 Å². The van der Waals surface area contributed by atoms with Crippen molar-refractivity contribution in [1.82, 2.24) is 19.9 Å². The number of nitrogen functional groups attached to an aromatic ring is 1. The Hall–Kier alpha value is -4.13. The number of nitrogens with two attached hydrogens (primary N) is 1. The van der Waals surface area contributed by atoms with Crippen LogP contribution in [-0.4, -0.2) is 47.3 Å². The lowest BCUT2D eigenvalue weighted by molar-refractivity contribution is 0.146. The zero-order valence-corrected chi connectivity index (χ0v) is 26.6. The molecule has 46 heavy (non-hydrogen) atoms. The maximum absolute atomic E-state index is 13.2. The summed E-state index contributed by atoms with van der Waals surface area (Å²) in [4.78, 5) is 19.7. The largest absolute Gasteiger partial charge is 0.489 e. The van der Waals surface area contributed by atoms with Gasteiger partial charge in [0, 0.05) is 42.4 Å². The minimum absolute atomic E-state index is 0.107. The first-order chi connectivity index (χ1) is 22.2. The molecule has 1 fully saturated rings. The molecule has 1 saturated carbocycles. The number of hydrogen-bond donors (Lipinski definition) is 5. The average Bonchev–Trinajstić information content (AvgIpc) is 3.40. The van der Waals surface area contributed by atoms with Crippen LogP contribution >= 0.6 is 0 Å². The van der Waals surface area contributed by atoms with Crippen molar-refractivity contribution in [2.24, 2.45) is 5.92 Å². The van der Waals surface area contributed by atoms with Gasteiger partial charge in [0.25, 0.3) is 10.0 Å². The Balaban J connectivity index is 1.00. The molecule has 244 valence electrons. The van der Waals surface area contributed by atoms with Crippen molar-refractivity contribution in [3.05, 3.63) is 94.3 Å². The van der Waals surface area contributed by atoms with Gasteiger partial charge in [-0.05, 0) is 85.7 Å². The average molecular weight is 647 g/mol. The molecule has 6 N–H and O–H groups in total. The number of benzene rings is 2. The van der Waals surface area contributed by atoms with Crippen molar-refractivity contribution < 1.29 is 18.3 Å². The maximum Gasteiger partial charge on any atom is 0.330 e. The summed E-state index contributed by atoms with van der Waals surface area (Å²) in [6, 6.07) is 15.1. The molecule has 2 aromatic heterocycles. The number of aromatic nitrogens is 3. The number of hydrogen-bond acceptors (Lipinski definition) is 8. The van der Waals surface area contributed by atoms with E-state index in [1.54, 1.807) is 59.3 Å². The number of imidazole rings is 1. The van der Waals surface area contributed by atoms with Crippen LogP contribution in [0.15, 0.2) is 76.7 Å². The zero-order chi connectivity index (χ0) is 32.1. The molecular weight excluding hydrogens is 604 g/mol. The molecule has 0 saturated heterocycles. The van der Waals surface area contributed by atoms with Crippen molar-refractivity contribution in [2.45, 2.75) is 74.9 Å². The van der Waals surface area contributed by atoms with Crippen molar-refractivity contribution in [1.29, 1.82) is 0 Å². The summed E-state index contributed by atoms with van der Waals surface area (Å²) in [5.74, 6) is 1.95. The number of aliphatic hydroxyl groups is 1. The third kappa shape index (κ3) is 7.80. The van der Waals surface area contributed by atoms with Gasteiger partial charge in [-0.2, -0.15) is 0 Å². The minimum atomic E-state index is -3.84. The smallest absolute Gasteiger partial charge is 0.330 e. The van der Waals surface area contributed by atoms with Crippen LogP contribution in [0.25, 0.3) is 5.69 Å². The normalized spacial score (nSPS) is 17.1. The van der Waals surface area contributed by atoms with Crippen LogP contribution in [0.4, 0.5) is 11.5 Å². The SMILES string of the molecule is Nc1ccc(C(O)CNCC2CCc3cc(S(=O)(=O)Nc4ccc(-n5cc(CCCCC6CCC6)[nH]c5=O)cc4)ccc3O2)cn1. The molecule has 3 heterocycles. The van der Waals surface area contributed by atoms with Crippen molar-refractivity contribution in [3.63, 3.8) is 0 Å². The van der Waals surface area contributed by atoms with E-state index in [2.05, 4.69) is 20.0 Å². The van der Waals surface area contributed by atoms with E-state index in [0.29, 0.717) is 54.4 Å². The minimum Gasteiger partial charge on any atom is -0.489 e. The van der Waals surface area contributed by atoms with Crippen LogP contribution < -0.4 is 26.2 Å². The standard InChI is InChI=1S/C34H42N6O5S/c35-33-17-9-25(19-37-33)31(41)21-36-20-29-14-8-24-18-30(15-16-32(24)45-29)46(43,44)39-26-10-12-28(13-11-26)40-22-27(38-34(40)42)7-2-1-4-23-5-3-6-23/h9-13,15-19,22-23,29,31,36,39,41H,1-8,14,20-21H2,(H2,35,37)(H,38,42). The van der Waals surface area contributed by atoms with E-state index in [9.17, 15) is 18.3 Å². The van der Waals surface area contributed by atoms with Crippen LogP contribution in [0.2, 0.25) is 0 Å². The van der Waals surface area contributed by atoms with E-state index in [-0.39, 0.29) is 16.7 Å². The Morgan fingerprint density at radius 1 is 1.09 bits per heavy atom. The number of rotatable bonds is 14. The highest BCUT2D eigenvalue weighted by Crippen LogP contribution is 2.32. The van der Waals surface area contributed by atoms with Gasteiger partial charge in [-0.25, -0.2) is 18.2 Å². The fourth-order valence-corrected chi connectivity index (χ4v) is 7.15. The molecule has 4 aromatic rings. The predicted molar refractivity (Wildman–Crippen MR) is 178 cm³/mol. The number of ether oxygens (including phenoxy) is 1. The van der Waals surface area contributed by atoms with Crippen molar-refractivity contribution in [3.8, 4) is 11.4 Å². The maximum atomic E-state index is 13.2. The lowest BCUT2D eigenvalue weighted by atomic mass is 9.82. The first-order valence-electron chi connectivity index (χ1n) is 16.1. The summed E-state index contributed by atoms with van der Waals surface area (Å²) >= 11 is 0. The Bertz CT molecular complexity index is 1780. The van der Waals surface area contributed by atoms with E-state index in [1.807, 2.05) is 6.20 Å². The highest BCUT2D eigenvalue weighted by atomic mass is 32.2. The second-order valence-corrected chi connectivity index (χ2v) is 14.1. The van der Waals surface area contributed by atoms with E-state index >= 15 is 0 Å². The molecule has 1 aliphatic carbocycles. The molecule has 0 radical (unpaired) electrons. The van der Waals surface area contributed by atoms with Gasteiger partial charge in [-0.1, -0.05) is 38.2 Å². The van der Waals surface area contributed by atoms with Gasteiger partial charge in [-0.3, -0.25) is 9.29 Å². The number of nitrogens with one attached hydrogen (secondary N) is 3. The number of aromatic amines is 1. The molecule has 2 aliphatic rings. The Morgan fingerprint density at radius 3 is 2.65 bits per heavy atom. The monoisotopic (exact) mass is 646 g/mol. The molecular formula is C34H42N6O5S. The molecule has 0 amide bonds. The number of aliphatic hydroxyl groups excluding tert-OH is 1. The van der Waals surface area contributed by atoms with Crippen LogP contribution in [0.1, 0.15) is 67.9 Å². The number of nitrogens with zero attached hydrogens (tertiary/aromatic N) is 2. The molecule has 0 spiro atoms. The zero-order valence-electron chi connectivity index (χ0n) is 25.8. The topological polar surface area (TPSA) is 164 Å². The van der Waals surface area contributed by atoms with Gasteiger partial charge in [0.15, 0.2) is 0 Å². The number of unbranched alkanes of at least 4 members (excludes halogenated alkanes) is 1. The quantitative estimate of drug-likeness (QED) is 0.125. The highest BCUT2D eigenvalue weighted by molar-refractivity contribution is 7.92. The fourth-order valence-electron chi connectivity index (χ4n) is 6.04. The molecule has 2 aromatic carbocycles. The Labute approximate surface area is 269 Å². The lowest BCUT2D eigenvalue weighted by Gasteiger charge is -2.27. The van der Waals surface area contributed by atoms with E-state index in [0.717, 1.165) is 30.0 Å². The van der Waals surface area contributed by atoms with Crippen LogP contribution in [0.5, 0.6) is 5.75 Å². The van der Waals surface area contributed by atoms with Crippen LogP contribution in [0, 0.1) is 5.92 Å². The van der Waals surface area contributed by atoms with Gasteiger partial charge >= 0.3 is 5.69 Å². The first kappa shape index (κ1) is 31.8. The molecule has 6 rings (SSSR count). The highest BCUT2D eigenvalue weighted by Gasteiger charge is 2.23. The predicted octanol–water partition coefficient (Wildman–Crippen LogP) is 4.47. The van der Waals surface area contributed by atoms with Crippen LogP contribution in [0.3, 0.4) is 0 Å². The summed E-state index contributed by atoms with van der Waals surface area (Å²) in [5, 5.41) is 13.6. The third-order valence-corrected chi connectivity index (χ3v) is 10.4. The molecule has 0 bridgehead atoms. The Morgan fingerprint density at radius 2 is 1.91 bits per heavy atom. The van der Waals surface area contributed by atoms with Gasteiger partial charge in [0.1, 0.15) is 17.7 Å². The summed E-state index contributed by atoms with van der Waals surface area (Å²) in [6.45, 7) is 0.874. The molecule has 2 unspecified atom stereocenters. The second-order valence-electron chi connectivity index (χ2n) is 12.4. The van der Waals surface area contributed by atoms with Gasteiger partial charge in [0.2, 0.25) is 0 Å². The fraction of sp³-hybridized carbons (Fsp3) is 0.412. The molecule has 12 heteroatoms. The van der Waals surface area contributed by atoms with Crippen LogP contribution in [-0.2, 0) is 22.9 Å². The third-order valence-electron chi connectivity index (χ3n) is 8.98. The Kier molecular flexibility index (Phi) is 9.76. The van der Waals surface area contributed by atoms with E-state index < -0.39 is 16.1 Å². The summed E-state index contributed by atoms with van der Waals surface area (Å²) in [7, 11) is -3.84. The van der Waals surface area contributed by atoms with E-state index in [4.69, 9.17) is 10.5 Å². The number of anilines is 2. The first-order valence-corrected chi connectivity index (χ1v) is 17.6. The number of aryl methyl sites for hydroxylation is 2. The number of pyridine rings is 1. The molecule has 11 nitrogen and oxygen atoms in total. The van der Waals surface area contributed by atoms with Crippen molar-refractivity contribution in [2.75, 3.05) is 23.5 Å². The second kappa shape index (κ2) is 14.1. The van der Waals surface area contributed by atoms with E-state index in [1.165, 1.54) is 38.2 Å². The summed E-state index contributed by atoms with van der Waals surface area (Å²) in [6.07, 6.45) is 12.4. The van der Waals surface area contributed by atoms with Gasteiger partial charge < -0.3 is 25.9 Å². The molecule has 1 aliphatic heterocycles. The summed E-state index contributed by atoms with van der Waals surface area (Å²) in [5.41, 5.74) is 8.89. The van der Waals surface area contributed by atoms with Crippen molar-refractivity contribution >= 4 is 21.5 Å². The summed E-state index contributed by atoms with van der Waals surface area (Å²) < 4.78 is 36.8. The number of H-pyrrole nitrogens is 1. The van der Waals surface area contributed by atoms with Gasteiger partial charge in [0.05, 0.1) is 16.7 Å².